The maximum absolute atomic E-state index is 12.3. The second-order valence-electron chi connectivity index (χ2n) is 3.92. The fourth-order valence-corrected chi connectivity index (χ4v) is 4.22. The monoisotopic (exact) mass is 438 g/mol. The lowest BCUT2D eigenvalue weighted by molar-refractivity contribution is 0.600. The minimum Gasteiger partial charge on any atom is -0.398 e. The Morgan fingerprint density at radius 2 is 1.80 bits per heavy atom. The zero-order valence-corrected chi connectivity index (χ0v) is 14.6. The molecule has 0 heterocycles. The first-order valence-corrected chi connectivity index (χ1v) is 8.77. The van der Waals surface area contributed by atoms with Crippen molar-refractivity contribution in [3.8, 4) is 0 Å². The van der Waals surface area contributed by atoms with Gasteiger partial charge in [-0.3, -0.25) is 4.72 Å². The molecule has 20 heavy (non-hydrogen) atoms. The van der Waals surface area contributed by atoms with Gasteiger partial charge in [0.1, 0.15) is 4.90 Å². The molecule has 0 spiro atoms. The SMILES string of the molecule is Nc1ccc(NS(=O)(=O)c2cc(Br)ccc2Br)cc1Cl. The van der Waals surface area contributed by atoms with Gasteiger partial charge in [0, 0.05) is 8.95 Å². The highest BCUT2D eigenvalue weighted by molar-refractivity contribution is 9.11. The lowest BCUT2D eigenvalue weighted by atomic mass is 10.3. The van der Waals surface area contributed by atoms with Crippen LogP contribution in [0, 0.1) is 0 Å². The van der Waals surface area contributed by atoms with Gasteiger partial charge in [-0.25, -0.2) is 8.42 Å². The summed E-state index contributed by atoms with van der Waals surface area (Å²) in [5.41, 5.74) is 6.32. The molecule has 2 aromatic rings. The quantitative estimate of drug-likeness (QED) is 0.701. The van der Waals surface area contributed by atoms with Gasteiger partial charge in [0.2, 0.25) is 0 Å². The largest absolute Gasteiger partial charge is 0.398 e. The smallest absolute Gasteiger partial charge is 0.263 e. The van der Waals surface area contributed by atoms with Crippen molar-refractivity contribution < 1.29 is 8.42 Å². The van der Waals surface area contributed by atoms with Gasteiger partial charge >= 0.3 is 0 Å². The van der Waals surface area contributed by atoms with Gasteiger partial charge in [0.25, 0.3) is 10.0 Å². The van der Waals surface area contributed by atoms with Crippen LogP contribution in [0.15, 0.2) is 50.2 Å². The molecule has 0 fully saturated rings. The van der Waals surface area contributed by atoms with E-state index < -0.39 is 10.0 Å². The Hall–Kier alpha value is -0.760. The molecule has 0 aliphatic heterocycles. The van der Waals surface area contributed by atoms with Gasteiger partial charge < -0.3 is 5.73 Å². The van der Waals surface area contributed by atoms with E-state index in [0.29, 0.717) is 25.3 Å². The van der Waals surface area contributed by atoms with Crippen LogP contribution in [0.3, 0.4) is 0 Å². The molecule has 106 valence electrons. The van der Waals surface area contributed by atoms with Crippen molar-refractivity contribution in [2.45, 2.75) is 4.90 Å². The molecule has 2 rings (SSSR count). The first kappa shape index (κ1) is 15.6. The van der Waals surface area contributed by atoms with Crippen molar-refractivity contribution in [1.29, 1.82) is 0 Å². The predicted molar refractivity (Wildman–Crippen MR) is 88.5 cm³/mol. The molecule has 0 aliphatic rings. The lowest BCUT2D eigenvalue weighted by Gasteiger charge is -2.11. The Labute approximate surface area is 138 Å². The highest BCUT2D eigenvalue weighted by Gasteiger charge is 2.18. The summed E-state index contributed by atoms with van der Waals surface area (Å²) in [6.45, 7) is 0. The van der Waals surface area contributed by atoms with Gasteiger partial charge in [-0.05, 0) is 52.3 Å². The number of rotatable bonds is 3. The Morgan fingerprint density at radius 1 is 1.10 bits per heavy atom. The van der Waals surface area contributed by atoms with Gasteiger partial charge in [0.15, 0.2) is 0 Å². The number of halogens is 3. The topological polar surface area (TPSA) is 72.2 Å². The number of anilines is 2. The zero-order chi connectivity index (χ0) is 14.9. The van der Waals surface area contributed by atoms with E-state index in [2.05, 4.69) is 36.6 Å². The number of benzene rings is 2. The first-order valence-electron chi connectivity index (χ1n) is 5.32. The third-order valence-corrected chi connectivity index (χ3v) is 5.63. The molecule has 4 nitrogen and oxygen atoms in total. The number of nitrogen functional groups attached to an aromatic ring is 1. The Morgan fingerprint density at radius 3 is 2.45 bits per heavy atom. The number of hydrogen-bond acceptors (Lipinski definition) is 3. The first-order chi connectivity index (χ1) is 9.29. The van der Waals surface area contributed by atoms with Crippen molar-refractivity contribution in [3.05, 3.63) is 50.4 Å². The minimum atomic E-state index is -3.72. The summed E-state index contributed by atoms with van der Waals surface area (Å²) in [6.07, 6.45) is 0. The van der Waals surface area contributed by atoms with Crippen molar-refractivity contribution in [2.75, 3.05) is 10.5 Å². The van der Waals surface area contributed by atoms with E-state index in [1.54, 1.807) is 18.2 Å². The van der Waals surface area contributed by atoms with E-state index in [4.69, 9.17) is 17.3 Å². The maximum Gasteiger partial charge on any atom is 0.263 e. The maximum atomic E-state index is 12.3. The molecule has 0 amide bonds. The molecule has 0 radical (unpaired) electrons. The summed E-state index contributed by atoms with van der Waals surface area (Å²) in [4.78, 5) is 0.125. The van der Waals surface area contributed by atoms with Crippen LogP contribution in [0.5, 0.6) is 0 Å². The van der Waals surface area contributed by atoms with Gasteiger partial charge in [-0.2, -0.15) is 0 Å². The second kappa shape index (κ2) is 5.93. The predicted octanol–water partition coefficient (Wildman–Crippen LogP) is 4.25. The van der Waals surface area contributed by atoms with Gasteiger partial charge in [-0.15, -0.1) is 0 Å². The highest BCUT2D eigenvalue weighted by atomic mass is 79.9. The van der Waals surface area contributed by atoms with E-state index in [9.17, 15) is 8.42 Å². The van der Waals surface area contributed by atoms with Crippen LogP contribution in [-0.4, -0.2) is 8.42 Å². The van der Waals surface area contributed by atoms with E-state index in [1.807, 2.05) is 0 Å². The summed E-state index contributed by atoms with van der Waals surface area (Å²) in [5, 5.41) is 0.290. The Bertz CT molecular complexity index is 766. The molecule has 8 heteroatoms. The highest BCUT2D eigenvalue weighted by Crippen LogP contribution is 2.29. The number of nitrogens with one attached hydrogen (secondary N) is 1. The molecular formula is C12H9Br2ClN2O2S. The molecule has 0 saturated heterocycles. The number of hydrogen-bond donors (Lipinski definition) is 2. The Balaban J connectivity index is 2.40. The standard InChI is InChI=1S/C12H9Br2ClN2O2S/c13-7-1-3-9(14)12(5-7)20(18,19)17-8-2-4-11(16)10(15)6-8/h1-6,17H,16H2. The molecule has 3 N–H and O–H groups in total. The van der Waals surface area contributed by atoms with Crippen molar-refractivity contribution in [1.82, 2.24) is 0 Å². The fraction of sp³-hybridized carbons (Fsp3) is 0. The third-order valence-electron chi connectivity index (χ3n) is 2.44. The van der Waals surface area contributed by atoms with Crippen LogP contribution >= 0.6 is 43.5 Å². The zero-order valence-electron chi connectivity index (χ0n) is 9.90. The third kappa shape index (κ3) is 3.46. The van der Waals surface area contributed by atoms with Crippen molar-refractivity contribution in [2.24, 2.45) is 0 Å². The summed E-state index contributed by atoms with van der Waals surface area (Å²) < 4.78 is 28.3. The Kier molecular flexibility index (Phi) is 4.63. The van der Waals surface area contributed by atoms with Gasteiger partial charge in [-0.1, -0.05) is 27.5 Å². The lowest BCUT2D eigenvalue weighted by Crippen LogP contribution is -2.13. The fourth-order valence-electron chi connectivity index (χ4n) is 1.48. The number of sulfonamides is 1. The summed E-state index contributed by atoms with van der Waals surface area (Å²) in [5.74, 6) is 0. The van der Waals surface area contributed by atoms with Crippen LogP contribution in [0.1, 0.15) is 0 Å². The van der Waals surface area contributed by atoms with Gasteiger partial charge in [0.05, 0.1) is 16.4 Å². The normalized spacial score (nSPS) is 11.3. The number of nitrogens with two attached hydrogens (primary N) is 1. The molecule has 0 aromatic heterocycles. The second-order valence-corrected chi connectivity index (χ2v) is 7.74. The summed E-state index contributed by atoms with van der Waals surface area (Å²) in [7, 11) is -3.72. The van der Waals surface area contributed by atoms with E-state index >= 15 is 0 Å². The van der Waals surface area contributed by atoms with E-state index in [-0.39, 0.29) is 4.90 Å². The molecule has 2 aromatic carbocycles. The minimum absolute atomic E-state index is 0.125. The van der Waals surface area contributed by atoms with Crippen molar-refractivity contribution in [3.63, 3.8) is 0 Å². The summed E-state index contributed by atoms with van der Waals surface area (Å²) in [6, 6.07) is 9.43. The van der Waals surface area contributed by atoms with Crippen LogP contribution in [0.4, 0.5) is 11.4 Å². The summed E-state index contributed by atoms with van der Waals surface area (Å²) >= 11 is 12.3. The molecule has 0 bridgehead atoms. The molecule has 0 unspecified atom stereocenters. The van der Waals surface area contributed by atoms with E-state index in [0.717, 1.165) is 0 Å². The van der Waals surface area contributed by atoms with Crippen LogP contribution in [-0.2, 0) is 10.0 Å². The van der Waals surface area contributed by atoms with Crippen LogP contribution < -0.4 is 10.5 Å². The van der Waals surface area contributed by atoms with Crippen LogP contribution in [0.25, 0.3) is 0 Å². The van der Waals surface area contributed by atoms with Crippen LogP contribution in [0.2, 0.25) is 5.02 Å². The average molecular weight is 441 g/mol. The average Bonchev–Trinajstić information content (AvgIpc) is 2.36. The van der Waals surface area contributed by atoms with Crippen molar-refractivity contribution >= 4 is 64.9 Å². The molecule has 0 atom stereocenters. The molecule has 0 saturated carbocycles. The molecule has 0 aliphatic carbocycles. The van der Waals surface area contributed by atoms with E-state index in [1.165, 1.54) is 18.2 Å². The molecular weight excluding hydrogens is 431 g/mol.